The van der Waals surface area contributed by atoms with Crippen molar-refractivity contribution in [1.82, 2.24) is 9.78 Å². The minimum Gasteiger partial charge on any atom is -0.272 e. The first-order valence-electron chi connectivity index (χ1n) is 4.85. The van der Waals surface area contributed by atoms with Crippen LogP contribution in [0.5, 0.6) is 0 Å². The summed E-state index contributed by atoms with van der Waals surface area (Å²) in [6, 6.07) is 0. The number of hydrogen-bond donors (Lipinski definition) is 0. The lowest BCUT2D eigenvalue weighted by Gasteiger charge is -2.01. The van der Waals surface area contributed by atoms with Gasteiger partial charge >= 0.3 is 0 Å². The molecule has 0 bridgehead atoms. The summed E-state index contributed by atoms with van der Waals surface area (Å²) in [5, 5.41) is 4.34. The fraction of sp³-hybridized carbons (Fsp3) is 0.700. The van der Waals surface area contributed by atoms with Crippen molar-refractivity contribution in [3.05, 3.63) is 16.4 Å². The predicted molar refractivity (Wildman–Crippen MR) is 58.8 cm³/mol. The molecule has 0 atom stereocenters. The van der Waals surface area contributed by atoms with Crippen molar-refractivity contribution < 1.29 is 0 Å². The molecule has 0 unspecified atom stereocenters. The van der Waals surface area contributed by atoms with Crippen LogP contribution in [0.15, 0.2) is 10.8 Å². The maximum atomic E-state index is 4.34. The normalized spacial score (nSPS) is 11.2. The Hall–Kier alpha value is -0.310. The molecular formula is C10H17BrN2. The lowest BCUT2D eigenvalue weighted by Crippen LogP contribution is -1.93. The Morgan fingerprint density at radius 2 is 2.23 bits per heavy atom. The molecule has 0 fully saturated rings. The Morgan fingerprint density at radius 3 is 2.69 bits per heavy atom. The summed E-state index contributed by atoms with van der Waals surface area (Å²) < 4.78 is 2.98. The van der Waals surface area contributed by atoms with E-state index >= 15 is 0 Å². The third-order valence-corrected chi connectivity index (χ3v) is 2.77. The Labute approximate surface area is 88.5 Å². The predicted octanol–water partition coefficient (Wildman–Crippen LogP) is 3.25. The van der Waals surface area contributed by atoms with Gasteiger partial charge in [-0.15, -0.1) is 0 Å². The van der Waals surface area contributed by atoms with Crippen LogP contribution >= 0.6 is 15.9 Å². The highest BCUT2D eigenvalue weighted by Crippen LogP contribution is 2.17. The van der Waals surface area contributed by atoms with Crippen molar-refractivity contribution in [2.45, 2.75) is 40.2 Å². The van der Waals surface area contributed by atoms with Crippen LogP contribution in [0.2, 0.25) is 0 Å². The molecule has 0 radical (unpaired) electrons. The van der Waals surface area contributed by atoms with Crippen molar-refractivity contribution in [1.29, 1.82) is 0 Å². The van der Waals surface area contributed by atoms with Gasteiger partial charge in [0.05, 0.1) is 0 Å². The van der Waals surface area contributed by atoms with Gasteiger partial charge in [0.1, 0.15) is 4.60 Å². The molecule has 1 aromatic heterocycles. The zero-order chi connectivity index (χ0) is 9.84. The summed E-state index contributed by atoms with van der Waals surface area (Å²) >= 11 is 3.48. The van der Waals surface area contributed by atoms with Crippen LogP contribution in [0.1, 0.15) is 32.8 Å². The van der Waals surface area contributed by atoms with Crippen molar-refractivity contribution in [2.24, 2.45) is 5.92 Å². The average molecular weight is 245 g/mol. The van der Waals surface area contributed by atoms with Crippen molar-refractivity contribution in [2.75, 3.05) is 0 Å². The minimum absolute atomic E-state index is 0.761. The van der Waals surface area contributed by atoms with Gasteiger partial charge in [-0.2, -0.15) is 5.10 Å². The quantitative estimate of drug-likeness (QED) is 0.796. The number of halogens is 1. The molecule has 1 aromatic rings. The number of hydrogen-bond acceptors (Lipinski definition) is 1. The molecule has 13 heavy (non-hydrogen) atoms. The maximum absolute atomic E-state index is 4.34. The maximum Gasteiger partial charge on any atom is 0.131 e. The SMILES string of the molecule is CCn1cc(CCC(C)C)c(Br)n1. The van der Waals surface area contributed by atoms with Crippen LogP contribution in [0.25, 0.3) is 0 Å². The zero-order valence-corrected chi connectivity index (χ0v) is 10.1. The molecule has 0 spiro atoms. The van der Waals surface area contributed by atoms with Gasteiger partial charge in [-0.3, -0.25) is 4.68 Å². The van der Waals surface area contributed by atoms with E-state index in [0.717, 1.165) is 23.5 Å². The van der Waals surface area contributed by atoms with E-state index in [1.807, 2.05) is 4.68 Å². The van der Waals surface area contributed by atoms with Crippen LogP contribution in [0.4, 0.5) is 0 Å². The van der Waals surface area contributed by atoms with Gasteiger partial charge < -0.3 is 0 Å². The molecule has 74 valence electrons. The molecule has 0 aromatic carbocycles. The zero-order valence-electron chi connectivity index (χ0n) is 8.55. The second kappa shape index (κ2) is 4.80. The van der Waals surface area contributed by atoms with Gasteiger partial charge in [0.2, 0.25) is 0 Å². The standard InChI is InChI=1S/C10H17BrN2/c1-4-13-7-9(10(11)12-13)6-5-8(2)3/h7-8H,4-6H2,1-3H3. The van der Waals surface area contributed by atoms with E-state index in [0.29, 0.717) is 0 Å². The van der Waals surface area contributed by atoms with Gasteiger partial charge in [-0.1, -0.05) is 13.8 Å². The van der Waals surface area contributed by atoms with Gasteiger partial charge in [0.25, 0.3) is 0 Å². The first-order valence-corrected chi connectivity index (χ1v) is 5.64. The molecule has 0 amide bonds. The summed E-state index contributed by atoms with van der Waals surface area (Å²) in [6.45, 7) is 7.54. The third-order valence-electron chi connectivity index (χ3n) is 2.10. The molecule has 1 heterocycles. The molecule has 3 heteroatoms. The highest BCUT2D eigenvalue weighted by molar-refractivity contribution is 9.10. The molecule has 0 saturated carbocycles. The number of nitrogens with zero attached hydrogens (tertiary/aromatic N) is 2. The van der Waals surface area contributed by atoms with Crippen LogP contribution in [0, 0.1) is 5.92 Å². The number of aromatic nitrogens is 2. The second-order valence-electron chi connectivity index (χ2n) is 3.73. The van der Waals surface area contributed by atoms with E-state index in [-0.39, 0.29) is 0 Å². The van der Waals surface area contributed by atoms with E-state index in [2.05, 4.69) is 48.0 Å². The van der Waals surface area contributed by atoms with Gasteiger partial charge in [0.15, 0.2) is 0 Å². The van der Waals surface area contributed by atoms with E-state index in [1.165, 1.54) is 12.0 Å². The minimum atomic E-state index is 0.761. The van der Waals surface area contributed by atoms with Gasteiger partial charge in [-0.05, 0) is 41.6 Å². The van der Waals surface area contributed by atoms with Crippen LogP contribution in [-0.2, 0) is 13.0 Å². The Bertz CT molecular complexity index is 266. The first-order chi connectivity index (χ1) is 6.13. The second-order valence-corrected chi connectivity index (χ2v) is 4.48. The Kier molecular flexibility index (Phi) is 3.97. The van der Waals surface area contributed by atoms with Crippen molar-refractivity contribution >= 4 is 15.9 Å². The summed E-state index contributed by atoms with van der Waals surface area (Å²) in [7, 11) is 0. The molecular weight excluding hydrogens is 228 g/mol. The monoisotopic (exact) mass is 244 g/mol. The molecule has 0 N–H and O–H groups in total. The van der Waals surface area contributed by atoms with Crippen LogP contribution in [-0.4, -0.2) is 9.78 Å². The van der Waals surface area contributed by atoms with Crippen LogP contribution in [0.3, 0.4) is 0 Å². The Morgan fingerprint density at radius 1 is 1.54 bits per heavy atom. The van der Waals surface area contributed by atoms with E-state index in [1.54, 1.807) is 0 Å². The summed E-state index contributed by atoms with van der Waals surface area (Å²) in [6.07, 6.45) is 4.48. The number of rotatable bonds is 4. The molecule has 1 rings (SSSR count). The van der Waals surface area contributed by atoms with Gasteiger partial charge in [0, 0.05) is 18.3 Å². The van der Waals surface area contributed by atoms with Gasteiger partial charge in [-0.25, -0.2) is 0 Å². The fourth-order valence-electron chi connectivity index (χ4n) is 1.21. The van der Waals surface area contributed by atoms with E-state index in [9.17, 15) is 0 Å². The number of aryl methyl sites for hydroxylation is 2. The van der Waals surface area contributed by atoms with Crippen molar-refractivity contribution in [3.63, 3.8) is 0 Å². The molecule has 0 aliphatic rings. The van der Waals surface area contributed by atoms with E-state index < -0.39 is 0 Å². The van der Waals surface area contributed by atoms with E-state index in [4.69, 9.17) is 0 Å². The summed E-state index contributed by atoms with van der Waals surface area (Å²) in [5.41, 5.74) is 1.33. The molecule has 0 aliphatic carbocycles. The van der Waals surface area contributed by atoms with Crippen LogP contribution < -0.4 is 0 Å². The smallest absolute Gasteiger partial charge is 0.131 e. The third kappa shape index (κ3) is 3.14. The average Bonchev–Trinajstić information content (AvgIpc) is 2.43. The topological polar surface area (TPSA) is 17.8 Å². The molecule has 0 saturated heterocycles. The molecule has 0 aliphatic heterocycles. The highest BCUT2D eigenvalue weighted by Gasteiger charge is 2.05. The lowest BCUT2D eigenvalue weighted by molar-refractivity contribution is 0.585. The molecule has 2 nitrogen and oxygen atoms in total. The largest absolute Gasteiger partial charge is 0.272 e. The fourth-order valence-corrected chi connectivity index (χ4v) is 1.72. The van der Waals surface area contributed by atoms with Crippen molar-refractivity contribution in [3.8, 4) is 0 Å². The summed E-state index contributed by atoms with van der Waals surface area (Å²) in [5.74, 6) is 0.761. The Balaban J connectivity index is 2.60. The first kappa shape index (κ1) is 10.8. The lowest BCUT2D eigenvalue weighted by atomic mass is 10.1. The summed E-state index contributed by atoms with van der Waals surface area (Å²) in [4.78, 5) is 0. The highest BCUT2D eigenvalue weighted by atomic mass is 79.9.